The van der Waals surface area contributed by atoms with Crippen LogP contribution in [0.1, 0.15) is 63.3 Å². The minimum Gasteiger partial charge on any atom is -0.343 e. The fourth-order valence-electron chi connectivity index (χ4n) is 3.91. The summed E-state index contributed by atoms with van der Waals surface area (Å²) in [6.07, 6.45) is 0.621. The first-order valence-electron chi connectivity index (χ1n) is 13.6. The number of benzene rings is 1. The Balaban J connectivity index is 0.000000883. The Kier molecular flexibility index (Phi) is 14.8. The van der Waals surface area contributed by atoms with Gasteiger partial charge in [0, 0.05) is 48.2 Å². The number of hydrogen-bond donors (Lipinski definition) is 2. The molecule has 13 heteroatoms. The molecule has 2 aromatic heterocycles. The zero-order valence-electron chi connectivity index (χ0n) is 25.5. The SMILES string of the molecule is C=O.CNC(C)(C)CN(C=O)CCCCn1nc(-c2ccc(C(F)(F)F)c(F)c2)cc(C(C)C)c1=N.Cc1ccncn1. The largest absolute Gasteiger partial charge is 0.419 e. The number of aromatic nitrogens is 4. The number of hydrogen-bond acceptors (Lipinski definition) is 7. The molecule has 0 radical (unpaired) electrons. The fraction of sp³-hybridized carbons (Fsp3) is 0.467. The molecule has 0 saturated carbocycles. The molecule has 2 heterocycles. The van der Waals surface area contributed by atoms with Crippen molar-refractivity contribution in [2.24, 2.45) is 0 Å². The molecule has 1 amide bonds. The van der Waals surface area contributed by atoms with E-state index in [1.54, 1.807) is 17.2 Å². The van der Waals surface area contributed by atoms with Gasteiger partial charge in [0.25, 0.3) is 0 Å². The molecule has 9 nitrogen and oxygen atoms in total. The lowest BCUT2D eigenvalue weighted by Gasteiger charge is -2.30. The second-order valence-corrected chi connectivity index (χ2v) is 10.7. The first-order valence-corrected chi connectivity index (χ1v) is 13.6. The molecule has 0 bridgehead atoms. The van der Waals surface area contributed by atoms with E-state index in [9.17, 15) is 22.4 Å². The molecule has 0 unspecified atom stereocenters. The fourth-order valence-corrected chi connectivity index (χ4v) is 3.91. The average Bonchev–Trinajstić information content (AvgIpc) is 2.96. The van der Waals surface area contributed by atoms with Crippen molar-refractivity contribution >= 4 is 13.2 Å². The van der Waals surface area contributed by atoms with Gasteiger partial charge in [-0.25, -0.2) is 19.0 Å². The van der Waals surface area contributed by atoms with Crippen molar-refractivity contribution in [3.8, 4) is 11.3 Å². The number of alkyl halides is 3. The molecule has 0 atom stereocenters. The summed E-state index contributed by atoms with van der Waals surface area (Å²) < 4.78 is 54.4. The Hall–Kier alpha value is -4.00. The quantitative estimate of drug-likeness (QED) is 0.177. The van der Waals surface area contributed by atoms with Gasteiger partial charge in [0.15, 0.2) is 0 Å². The number of carbonyl (C=O) groups is 2. The van der Waals surface area contributed by atoms with Gasteiger partial charge in [0.2, 0.25) is 6.41 Å². The van der Waals surface area contributed by atoms with Gasteiger partial charge >= 0.3 is 6.18 Å². The monoisotopic (exact) mass is 607 g/mol. The Bertz CT molecular complexity index is 1350. The predicted molar refractivity (Wildman–Crippen MR) is 156 cm³/mol. The van der Waals surface area contributed by atoms with E-state index in [1.165, 1.54) is 17.1 Å². The highest BCUT2D eigenvalue weighted by molar-refractivity contribution is 5.60. The van der Waals surface area contributed by atoms with Crippen molar-refractivity contribution in [3.05, 3.63) is 71.0 Å². The summed E-state index contributed by atoms with van der Waals surface area (Å²) in [7, 11) is 1.84. The number of nitrogens with one attached hydrogen (secondary N) is 2. The third-order valence-corrected chi connectivity index (χ3v) is 6.46. The van der Waals surface area contributed by atoms with Crippen LogP contribution in [0, 0.1) is 18.2 Å². The molecule has 0 aliphatic rings. The van der Waals surface area contributed by atoms with E-state index >= 15 is 0 Å². The molecule has 3 rings (SSSR count). The van der Waals surface area contributed by atoms with Crippen LogP contribution in [-0.4, -0.2) is 63.5 Å². The van der Waals surface area contributed by atoms with Gasteiger partial charge in [-0.1, -0.05) is 19.9 Å². The van der Waals surface area contributed by atoms with Crippen LogP contribution in [0.3, 0.4) is 0 Å². The number of carbonyl (C=O) groups excluding carboxylic acids is 2. The van der Waals surface area contributed by atoms with Gasteiger partial charge in [-0.3, -0.25) is 10.2 Å². The lowest BCUT2D eigenvalue weighted by Crippen LogP contribution is -2.47. The molecule has 0 aliphatic carbocycles. The van der Waals surface area contributed by atoms with Crippen molar-refractivity contribution in [3.63, 3.8) is 0 Å². The van der Waals surface area contributed by atoms with Gasteiger partial charge in [0.1, 0.15) is 24.4 Å². The van der Waals surface area contributed by atoms with Crippen LogP contribution in [0.15, 0.2) is 42.9 Å². The normalized spacial score (nSPS) is 11.2. The van der Waals surface area contributed by atoms with Crippen molar-refractivity contribution in [1.82, 2.24) is 30.0 Å². The number of nitrogens with zero attached hydrogens (tertiary/aromatic N) is 5. The maximum atomic E-state index is 14.1. The lowest BCUT2D eigenvalue weighted by molar-refractivity contribution is -0.140. The topological polar surface area (TPSA) is 117 Å². The second-order valence-electron chi connectivity index (χ2n) is 10.7. The summed E-state index contributed by atoms with van der Waals surface area (Å²) in [4.78, 5) is 28.7. The summed E-state index contributed by atoms with van der Waals surface area (Å²) in [5.41, 5.74) is 0.843. The van der Waals surface area contributed by atoms with Crippen molar-refractivity contribution in [2.75, 3.05) is 20.1 Å². The third kappa shape index (κ3) is 12.0. The molecular formula is C30H41F4N7O2. The number of likely N-dealkylation sites (N-methyl/N-ethyl adjacent to an activating group) is 1. The summed E-state index contributed by atoms with van der Waals surface area (Å²) >= 11 is 0. The zero-order valence-corrected chi connectivity index (χ0v) is 25.5. The van der Waals surface area contributed by atoms with Crippen molar-refractivity contribution < 1.29 is 27.2 Å². The summed E-state index contributed by atoms with van der Waals surface area (Å²) in [6, 6.07) is 6.22. The smallest absolute Gasteiger partial charge is 0.343 e. The minimum absolute atomic E-state index is 0.0332. The van der Waals surface area contributed by atoms with Crippen LogP contribution in [0.5, 0.6) is 0 Å². The van der Waals surface area contributed by atoms with E-state index < -0.39 is 17.6 Å². The molecule has 2 N–H and O–H groups in total. The molecule has 0 fully saturated rings. The Morgan fingerprint density at radius 1 is 1.14 bits per heavy atom. The molecular weight excluding hydrogens is 566 g/mol. The first kappa shape index (κ1) is 37.0. The maximum absolute atomic E-state index is 14.1. The van der Waals surface area contributed by atoms with E-state index in [0.717, 1.165) is 18.2 Å². The Morgan fingerprint density at radius 2 is 1.81 bits per heavy atom. The highest BCUT2D eigenvalue weighted by atomic mass is 19.4. The zero-order chi connectivity index (χ0) is 32.8. The molecule has 43 heavy (non-hydrogen) atoms. The van der Waals surface area contributed by atoms with Crippen LogP contribution in [0.25, 0.3) is 11.3 Å². The highest BCUT2D eigenvalue weighted by Crippen LogP contribution is 2.33. The second kappa shape index (κ2) is 17.2. The summed E-state index contributed by atoms with van der Waals surface area (Å²) in [5, 5.41) is 16.1. The van der Waals surface area contributed by atoms with Crippen LogP contribution < -0.4 is 10.8 Å². The van der Waals surface area contributed by atoms with Gasteiger partial charge in [-0.15, -0.1) is 0 Å². The van der Waals surface area contributed by atoms with E-state index in [2.05, 4.69) is 20.4 Å². The standard InChI is InChI=1S/C24H33F4N5O.C5H6N2.CH2O/c1-16(2)18-13-21(17-8-9-19(20(25)12-17)24(26,27)28)31-33(22(18)29)11-7-6-10-32(15-34)14-23(3,4)30-5;1-5-2-3-6-4-7-5;1-2/h8-9,12-13,15-16,29-30H,6-7,10-11,14H2,1-5H3;2-4H,1H3;1H2. The number of aryl methyl sites for hydroxylation is 2. The van der Waals surface area contributed by atoms with Gasteiger partial charge in [-0.2, -0.15) is 18.3 Å². The number of unbranched alkanes of at least 4 members (excludes halogenated alkanes) is 1. The Labute approximate surface area is 249 Å². The lowest BCUT2D eigenvalue weighted by atomic mass is 10.0. The number of halogens is 4. The molecule has 1 aromatic carbocycles. The maximum Gasteiger partial charge on any atom is 0.419 e. The van der Waals surface area contributed by atoms with Crippen LogP contribution in [-0.2, 0) is 22.3 Å². The Morgan fingerprint density at radius 3 is 2.28 bits per heavy atom. The first-order chi connectivity index (χ1) is 20.2. The van der Waals surface area contributed by atoms with Gasteiger partial charge in [-0.05, 0) is 70.8 Å². The van der Waals surface area contributed by atoms with Crippen molar-refractivity contribution in [1.29, 1.82) is 5.41 Å². The van der Waals surface area contributed by atoms with Crippen LogP contribution in [0.4, 0.5) is 17.6 Å². The van der Waals surface area contributed by atoms with Gasteiger partial charge in [0.05, 0.1) is 11.3 Å². The van der Waals surface area contributed by atoms with E-state index in [4.69, 9.17) is 10.2 Å². The number of amides is 1. The van der Waals surface area contributed by atoms with Crippen LogP contribution in [0.2, 0.25) is 0 Å². The molecule has 236 valence electrons. The molecule has 0 spiro atoms. The third-order valence-electron chi connectivity index (χ3n) is 6.46. The predicted octanol–water partition coefficient (Wildman–Crippen LogP) is 5.15. The van der Waals surface area contributed by atoms with Crippen molar-refractivity contribution in [2.45, 2.75) is 71.6 Å². The van der Waals surface area contributed by atoms with E-state index in [1.807, 2.05) is 54.5 Å². The molecule has 0 saturated heterocycles. The minimum atomic E-state index is -4.78. The van der Waals surface area contributed by atoms with Crippen LogP contribution >= 0.6 is 0 Å². The molecule has 0 aliphatic heterocycles. The molecule has 3 aromatic rings. The average molecular weight is 608 g/mol. The number of rotatable bonds is 11. The highest BCUT2D eigenvalue weighted by Gasteiger charge is 2.34. The summed E-state index contributed by atoms with van der Waals surface area (Å²) in [5.74, 6) is -1.40. The van der Waals surface area contributed by atoms with E-state index in [-0.39, 0.29) is 22.5 Å². The van der Waals surface area contributed by atoms with E-state index in [0.29, 0.717) is 49.8 Å². The van der Waals surface area contributed by atoms with Gasteiger partial charge < -0.3 is 15.0 Å². The summed E-state index contributed by atoms with van der Waals surface area (Å²) in [6.45, 7) is 13.2.